The molecule has 0 saturated carbocycles. The van der Waals surface area contributed by atoms with Gasteiger partial charge in [0, 0.05) is 6.04 Å². The number of rotatable bonds is 5. The Morgan fingerprint density at radius 3 is 2.53 bits per heavy atom. The van der Waals surface area contributed by atoms with Crippen LogP contribution in [0.2, 0.25) is 5.28 Å². The summed E-state index contributed by atoms with van der Waals surface area (Å²) in [6, 6.07) is -0.279. The van der Waals surface area contributed by atoms with Crippen molar-refractivity contribution in [3.63, 3.8) is 0 Å². The van der Waals surface area contributed by atoms with Gasteiger partial charge in [-0.2, -0.15) is 15.0 Å². The van der Waals surface area contributed by atoms with Crippen LogP contribution < -0.4 is 10.1 Å². The van der Waals surface area contributed by atoms with Crippen LogP contribution in [0.4, 0.5) is 5.95 Å². The third kappa shape index (κ3) is 4.86. The Labute approximate surface area is 116 Å². The summed E-state index contributed by atoms with van der Waals surface area (Å²) in [5.41, 5.74) is -0.287. The lowest BCUT2D eigenvalue weighted by Crippen LogP contribution is -2.36. The molecule has 0 amide bonds. The molecule has 0 aliphatic rings. The maximum absolute atomic E-state index is 10.9. The molecule has 0 bridgehead atoms. The molecular weight excluding hydrogens is 272 g/mol. The van der Waals surface area contributed by atoms with Crippen LogP contribution >= 0.6 is 11.6 Å². The highest BCUT2D eigenvalue weighted by Crippen LogP contribution is 2.25. The second-order valence-electron chi connectivity index (χ2n) is 5.08. The fourth-order valence-electron chi connectivity index (χ4n) is 1.39. The summed E-state index contributed by atoms with van der Waals surface area (Å²) in [7, 11) is 1.41. The molecule has 8 heteroatoms. The van der Waals surface area contributed by atoms with Gasteiger partial charge in [-0.15, -0.1) is 0 Å². The van der Waals surface area contributed by atoms with Crippen LogP contribution in [0.5, 0.6) is 6.01 Å². The summed E-state index contributed by atoms with van der Waals surface area (Å²) in [4.78, 5) is 22.5. The van der Waals surface area contributed by atoms with Gasteiger partial charge in [-0.25, -0.2) is 0 Å². The van der Waals surface area contributed by atoms with Crippen molar-refractivity contribution in [3.05, 3.63) is 5.28 Å². The van der Waals surface area contributed by atoms with Crippen molar-refractivity contribution in [1.82, 2.24) is 15.0 Å². The maximum Gasteiger partial charge on any atom is 0.322 e. The van der Waals surface area contributed by atoms with Crippen LogP contribution in [0.15, 0.2) is 0 Å². The van der Waals surface area contributed by atoms with E-state index in [0.29, 0.717) is 0 Å². The second-order valence-corrected chi connectivity index (χ2v) is 5.41. The van der Waals surface area contributed by atoms with Gasteiger partial charge in [0.25, 0.3) is 0 Å². The third-order valence-electron chi connectivity index (χ3n) is 2.50. The zero-order valence-electron chi connectivity index (χ0n) is 11.3. The molecule has 106 valence electrons. The van der Waals surface area contributed by atoms with Crippen molar-refractivity contribution in [2.75, 3.05) is 12.4 Å². The van der Waals surface area contributed by atoms with Gasteiger partial charge in [-0.1, -0.05) is 20.8 Å². The SMILES string of the molecule is COc1nc(Cl)nc(NC(CC(=O)O)C(C)(C)C)n1. The average Bonchev–Trinajstić information content (AvgIpc) is 2.25. The number of nitrogens with one attached hydrogen (secondary N) is 1. The van der Waals surface area contributed by atoms with Crippen LogP contribution in [0, 0.1) is 5.41 Å². The van der Waals surface area contributed by atoms with Crippen LogP contribution in [-0.4, -0.2) is 39.2 Å². The molecule has 1 heterocycles. The van der Waals surface area contributed by atoms with Gasteiger partial charge >= 0.3 is 12.0 Å². The molecule has 0 saturated heterocycles. The van der Waals surface area contributed by atoms with Gasteiger partial charge in [0.2, 0.25) is 11.2 Å². The van der Waals surface area contributed by atoms with E-state index in [4.69, 9.17) is 21.4 Å². The Kier molecular flexibility index (Phi) is 4.88. The zero-order chi connectivity index (χ0) is 14.6. The summed E-state index contributed by atoms with van der Waals surface area (Å²) in [5, 5.41) is 11.9. The minimum Gasteiger partial charge on any atom is -0.481 e. The highest BCUT2D eigenvalue weighted by Gasteiger charge is 2.28. The van der Waals surface area contributed by atoms with E-state index in [2.05, 4.69) is 20.3 Å². The Morgan fingerprint density at radius 1 is 1.42 bits per heavy atom. The second kappa shape index (κ2) is 6.01. The summed E-state index contributed by atoms with van der Waals surface area (Å²) in [6.07, 6.45) is -0.0604. The van der Waals surface area contributed by atoms with Crippen molar-refractivity contribution in [3.8, 4) is 6.01 Å². The smallest absolute Gasteiger partial charge is 0.322 e. The molecule has 0 aromatic carbocycles. The molecule has 19 heavy (non-hydrogen) atoms. The minimum atomic E-state index is -0.903. The Balaban J connectivity index is 2.96. The average molecular weight is 289 g/mol. The van der Waals surface area contributed by atoms with Gasteiger partial charge in [0.1, 0.15) is 0 Å². The molecule has 1 rings (SSSR count). The first-order valence-corrected chi connectivity index (χ1v) is 6.04. The van der Waals surface area contributed by atoms with E-state index < -0.39 is 5.97 Å². The van der Waals surface area contributed by atoms with Crippen molar-refractivity contribution in [1.29, 1.82) is 0 Å². The molecule has 0 spiro atoms. The topological polar surface area (TPSA) is 97.2 Å². The fourth-order valence-corrected chi connectivity index (χ4v) is 1.54. The van der Waals surface area contributed by atoms with E-state index in [1.165, 1.54) is 7.11 Å². The standard InChI is InChI=1S/C11H17ClN4O3/c1-11(2,3)6(5-7(17)18)13-9-14-8(12)15-10(16-9)19-4/h6H,5H2,1-4H3,(H,17,18)(H,13,14,15,16). The number of methoxy groups -OCH3 is 1. The number of aromatic nitrogens is 3. The zero-order valence-corrected chi connectivity index (χ0v) is 12.0. The van der Waals surface area contributed by atoms with Crippen molar-refractivity contribution in [2.45, 2.75) is 33.2 Å². The van der Waals surface area contributed by atoms with Gasteiger partial charge in [0.15, 0.2) is 0 Å². The van der Waals surface area contributed by atoms with E-state index in [9.17, 15) is 4.79 Å². The van der Waals surface area contributed by atoms with Crippen LogP contribution in [0.25, 0.3) is 0 Å². The quantitative estimate of drug-likeness (QED) is 0.853. The van der Waals surface area contributed by atoms with Gasteiger partial charge in [-0.3, -0.25) is 4.79 Å². The van der Waals surface area contributed by atoms with Crippen molar-refractivity contribution < 1.29 is 14.6 Å². The Hall–Kier alpha value is -1.63. The number of anilines is 1. The molecule has 1 unspecified atom stereocenters. The predicted octanol–water partition coefficient (Wildman–Crippen LogP) is 1.83. The van der Waals surface area contributed by atoms with Gasteiger partial charge < -0.3 is 15.2 Å². The number of nitrogens with zero attached hydrogens (tertiary/aromatic N) is 3. The van der Waals surface area contributed by atoms with E-state index >= 15 is 0 Å². The number of carboxylic acid groups (broad SMARTS) is 1. The normalized spacial score (nSPS) is 12.9. The molecule has 1 aromatic heterocycles. The van der Waals surface area contributed by atoms with E-state index in [1.54, 1.807) is 0 Å². The third-order valence-corrected chi connectivity index (χ3v) is 2.67. The first-order chi connectivity index (χ1) is 8.72. The molecule has 2 N–H and O–H groups in total. The van der Waals surface area contributed by atoms with E-state index in [0.717, 1.165) is 0 Å². The lowest BCUT2D eigenvalue weighted by Gasteiger charge is -2.30. The summed E-state index contributed by atoms with van der Waals surface area (Å²) in [6.45, 7) is 5.77. The summed E-state index contributed by atoms with van der Waals surface area (Å²) < 4.78 is 4.88. The first-order valence-electron chi connectivity index (χ1n) is 5.66. The number of hydrogen-bond donors (Lipinski definition) is 2. The van der Waals surface area contributed by atoms with E-state index in [-0.39, 0.29) is 35.1 Å². The number of carbonyl (C=O) groups is 1. The largest absolute Gasteiger partial charge is 0.481 e. The Bertz CT molecular complexity index is 462. The molecule has 7 nitrogen and oxygen atoms in total. The summed E-state index contributed by atoms with van der Waals surface area (Å²) in [5.74, 6) is -0.711. The lowest BCUT2D eigenvalue weighted by atomic mass is 9.85. The molecule has 0 aliphatic carbocycles. The van der Waals surface area contributed by atoms with Crippen LogP contribution in [0.1, 0.15) is 27.2 Å². The van der Waals surface area contributed by atoms with Crippen molar-refractivity contribution in [2.24, 2.45) is 5.41 Å². The molecule has 0 radical (unpaired) electrons. The number of hydrogen-bond acceptors (Lipinski definition) is 6. The minimum absolute atomic E-state index is 0.0164. The maximum atomic E-state index is 10.9. The number of ether oxygens (including phenoxy) is 1. The van der Waals surface area contributed by atoms with Gasteiger partial charge in [-0.05, 0) is 17.0 Å². The number of halogens is 1. The van der Waals surface area contributed by atoms with Crippen LogP contribution in [-0.2, 0) is 4.79 Å². The molecule has 1 aromatic rings. The first kappa shape index (κ1) is 15.4. The molecule has 1 atom stereocenters. The lowest BCUT2D eigenvalue weighted by molar-refractivity contribution is -0.137. The van der Waals surface area contributed by atoms with Crippen LogP contribution in [0.3, 0.4) is 0 Å². The number of carboxylic acids is 1. The molecular formula is C11H17ClN4O3. The number of aliphatic carboxylic acids is 1. The van der Waals surface area contributed by atoms with Gasteiger partial charge in [0.05, 0.1) is 13.5 Å². The van der Waals surface area contributed by atoms with Crippen molar-refractivity contribution >= 4 is 23.5 Å². The fraction of sp³-hybridized carbons (Fsp3) is 0.636. The summed E-state index contributed by atoms with van der Waals surface area (Å²) >= 11 is 5.73. The predicted molar refractivity (Wildman–Crippen MR) is 70.5 cm³/mol. The highest BCUT2D eigenvalue weighted by atomic mass is 35.5. The van der Waals surface area contributed by atoms with E-state index in [1.807, 2.05) is 20.8 Å². The monoisotopic (exact) mass is 288 g/mol. The molecule has 0 aliphatic heterocycles. The Morgan fingerprint density at radius 2 is 2.05 bits per heavy atom. The molecule has 0 fully saturated rings. The highest BCUT2D eigenvalue weighted by molar-refractivity contribution is 6.28.